The van der Waals surface area contributed by atoms with E-state index in [4.69, 9.17) is 0 Å². The van der Waals surface area contributed by atoms with E-state index in [-0.39, 0.29) is 0 Å². The molecule has 1 unspecified atom stereocenters. The van der Waals surface area contributed by atoms with Crippen LogP contribution in [0.1, 0.15) is 45.0 Å². The first-order valence-corrected chi connectivity index (χ1v) is 10.2. The van der Waals surface area contributed by atoms with Gasteiger partial charge in [-0.05, 0) is 72.1 Å². The van der Waals surface area contributed by atoms with E-state index in [1.54, 1.807) is 11.1 Å². The molecule has 0 aromatic heterocycles. The highest BCUT2D eigenvalue weighted by atomic mass is 15.2. The molecule has 27 heavy (non-hydrogen) atoms. The van der Waals surface area contributed by atoms with Crippen LogP contribution in [0.25, 0.3) is 0 Å². The normalized spacial score (nSPS) is 19.7. The monoisotopic (exact) mass is 353 g/mol. The van der Waals surface area contributed by atoms with Gasteiger partial charge in [-0.2, -0.15) is 0 Å². The van der Waals surface area contributed by atoms with Crippen LogP contribution in [-0.4, -0.2) is 17.5 Å². The first kappa shape index (κ1) is 16.8. The van der Waals surface area contributed by atoms with Crippen LogP contribution in [0.2, 0.25) is 0 Å². The second kappa shape index (κ2) is 6.65. The summed E-state index contributed by atoms with van der Waals surface area (Å²) in [6, 6.07) is 25.9. The third-order valence-corrected chi connectivity index (χ3v) is 6.76. The van der Waals surface area contributed by atoms with Crippen molar-refractivity contribution in [3.8, 4) is 0 Å². The van der Waals surface area contributed by atoms with E-state index in [9.17, 15) is 0 Å². The fourth-order valence-corrected chi connectivity index (χ4v) is 5.17. The van der Waals surface area contributed by atoms with Gasteiger partial charge in [0.15, 0.2) is 0 Å². The Morgan fingerprint density at radius 2 is 1.33 bits per heavy atom. The highest BCUT2D eigenvalue weighted by molar-refractivity contribution is 5.45. The molecule has 1 aliphatic heterocycles. The highest BCUT2D eigenvalue weighted by Crippen LogP contribution is 2.40. The molecule has 0 radical (unpaired) electrons. The van der Waals surface area contributed by atoms with Crippen molar-refractivity contribution in [3.05, 3.63) is 106 Å². The molecular formula is C26H27N. The average molecular weight is 354 g/mol. The Labute approximate surface area is 162 Å². The van der Waals surface area contributed by atoms with Crippen molar-refractivity contribution in [2.75, 3.05) is 6.54 Å². The van der Waals surface area contributed by atoms with Crippen LogP contribution in [0.15, 0.2) is 66.7 Å². The average Bonchev–Trinajstić information content (AvgIpc) is 3.13. The molecule has 2 aliphatic rings. The third kappa shape index (κ3) is 2.82. The molecule has 1 heterocycles. The Bertz CT molecular complexity index is 962. The Balaban J connectivity index is 1.60. The maximum atomic E-state index is 2.80. The molecule has 0 saturated heterocycles. The topological polar surface area (TPSA) is 3.24 Å². The Morgan fingerprint density at radius 3 is 2.07 bits per heavy atom. The van der Waals surface area contributed by atoms with E-state index < -0.39 is 0 Å². The van der Waals surface area contributed by atoms with Crippen molar-refractivity contribution in [1.29, 1.82) is 0 Å². The van der Waals surface area contributed by atoms with E-state index in [1.165, 1.54) is 40.7 Å². The van der Waals surface area contributed by atoms with Crippen molar-refractivity contribution in [3.63, 3.8) is 0 Å². The zero-order valence-electron chi connectivity index (χ0n) is 16.3. The van der Waals surface area contributed by atoms with Crippen molar-refractivity contribution in [2.24, 2.45) is 0 Å². The van der Waals surface area contributed by atoms with Crippen LogP contribution < -0.4 is 0 Å². The molecule has 5 rings (SSSR count). The highest BCUT2D eigenvalue weighted by Gasteiger charge is 2.36. The predicted octanol–water partition coefficient (Wildman–Crippen LogP) is 5.42. The quantitative estimate of drug-likeness (QED) is 0.595. The molecule has 0 bridgehead atoms. The number of rotatable bonds is 2. The minimum Gasteiger partial charge on any atom is -0.288 e. The Morgan fingerprint density at radius 1 is 0.704 bits per heavy atom. The molecule has 3 aromatic carbocycles. The Kier molecular flexibility index (Phi) is 4.13. The lowest BCUT2D eigenvalue weighted by Crippen LogP contribution is -2.44. The van der Waals surface area contributed by atoms with Gasteiger partial charge >= 0.3 is 0 Å². The molecule has 136 valence electrons. The molecule has 3 aromatic rings. The van der Waals surface area contributed by atoms with Crippen molar-refractivity contribution in [2.45, 2.75) is 45.2 Å². The molecular weight excluding hydrogens is 326 g/mol. The first-order chi connectivity index (χ1) is 13.2. The molecule has 0 spiro atoms. The van der Waals surface area contributed by atoms with Gasteiger partial charge in [-0.1, -0.05) is 66.7 Å². The minimum atomic E-state index is 0.370. The number of hydrogen-bond acceptors (Lipinski definition) is 1. The van der Waals surface area contributed by atoms with Crippen LogP contribution in [0.4, 0.5) is 0 Å². The zero-order chi connectivity index (χ0) is 18.4. The lowest BCUT2D eigenvalue weighted by molar-refractivity contribution is 0.150. The van der Waals surface area contributed by atoms with Gasteiger partial charge in [-0.25, -0.2) is 0 Å². The summed E-state index contributed by atoms with van der Waals surface area (Å²) in [4.78, 5) is 2.80. The van der Waals surface area contributed by atoms with Crippen LogP contribution in [0, 0.1) is 13.8 Å². The largest absolute Gasteiger partial charge is 0.288 e. The third-order valence-electron chi connectivity index (χ3n) is 6.76. The number of hydrogen-bond donors (Lipinski definition) is 0. The second-order valence-electron chi connectivity index (χ2n) is 8.21. The van der Waals surface area contributed by atoms with Gasteiger partial charge in [0.05, 0.1) is 6.04 Å². The number of fused-ring (bicyclic) bond motifs is 2. The molecule has 0 amide bonds. The van der Waals surface area contributed by atoms with Crippen LogP contribution >= 0.6 is 0 Å². The Hall–Kier alpha value is -2.38. The summed E-state index contributed by atoms with van der Waals surface area (Å²) < 4.78 is 0. The summed E-state index contributed by atoms with van der Waals surface area (Å²) in [5, 5.41) is 0. The van der Waals surface area contributed by atoms with E-state index in [0.717, 1.165) is 13.0 Å². The fourth-order valence-electron chi connectivity index (χ4n) is 5.17. The molecule has 0 fully saturated rings. The maximum absolute atomic E-state index is 2.80. The molecule has 1 nitrogen and oxygen atoms in total. The van der Waals surface area contributed by atoms with E-state index in [0.29, 0.717) is 12.1 Å². The van der Waals surface area contributed by atoms with Gasteiger partial charge in [0.2, 0.25) is 0 Å². The summed E-state index contributed by atoms with van der Waals surface area (Å²) in [5.74, 6) is 0. The van der Waals surface area contributed by atoms with E-state index in [2.05, 4.69) is 85.5 Å². The molecule has 0 N–H and O–H groups in total. The van der Waals surface area contributed by atoms with Crippen molar-refractivity contribution in [1.82, 2.24) is 4.90 Å². The summed E-state index contributed by atoms with van der Waals surface area (Å²) in [6.07, 6.45) is 3.52. The molecule has 1 atom stereocenters. The predicted molar refractivity (Wildman–Crippen MR) is 112 cm³/mol. The van der Waals surface area contributed by atoms with E-state index in [1.807, 2.05) is 0 Å². The zero-order valence-corrected chi connectivity index (χ0v) is 16.3. The number of nitrogens with zero attached hydrogens (tertiary/aromatic N) is 1. The van der Waals surface area contributed by atoms with Gasteiger partial charge in [0, 0.05) is 12.6 Å². The van der Waals surface area contributed by atoms with Crippen molar-refractivity contribution < 1.29 is 0 Å². The standard InChI is InChI=1S/C26H27N/c1-18-8-7-13-24(19(18)2)26-25-12-6-5-9-20(25)14-15-27(26)23-16-21-10-3-4-11-22(21)17-23/h3-13,23,26H,14-17H2,1-2H3. The number of aryl methyl sites for hydroxylation is 1. The summed E-state index contributed by atoms with van der Waals surface area (Å²) in [5.41, 5.74) is 10.4. The van der Waals surface area contributed by atoms with Crippen LogP contribution in [-0.2, 0) is 19.3 Å². The van der Waals surface area contributed by atoms with Crippen molar-refractivity contribution >= 4 is 0 Å². The summed E-state index contributed by atoms with van der Waals surface area (Å²) in [6.45, 7) is 5.68. The fraction of sp³-hybridized carbons (Fsp3) is 0.308. The molecule has 1 heteroatoms. The second-order valence-corrected chi connectivity index (χ2v) is 8.21. The first-order valence-electron chi connectivity index (χ1n) is 10.2. The van der Waals surface area contributed by atoms with Gasteiger partial charge < -0.3 is 0 Å². The molecule has 1 aliphatic carbocycles. The number of benzene rings is 3. The summed E-state index contributed by atoms with van der Waals surface area (Å²) in [7, 11) is 0. The minimum absolute atomic E-state index is 0.370. The van der Waals surface area contributed by atoms with Gasteiger partial charge in [-0.15, -0.1) is 0 Å². The van der Waals surface area contributed by atoms with Crippen LogP contribution in [0.5, 0.6) is 0 Å². The van der Waals surface area contributed by atoms with Crippen LogP contribution in [0.3, 0.4) is 0 Å². The SMILES string of the molecule is Cc1cccc(C2c3ccccc3CCN2C2Cc3ccccc3C2)c1C. The van der Waals surface area contributed by atoms with Gasteiger partial charge in [0.1, 0.15) is 0 Å². The molecule has 0 saturated carbocycles. The summed E-state index contributed by atoms with van der Waals surface area (Å²) >= 11 is 0. The lowest BCUT2D eigenvalue weighted by Gasteiger charge is -2.42. The van der Waals surface area contributed by atoms with Gasteiger partial charge in [-0.3, -0.25) is 4.90 Å². The van der Waals surface area contributed by atoms with E-state index >= 15 is 0 Å². The lowest BCUT2D eigenvalue weighted by atomic mass is 9.84. The maximum Gasteiger partial charge on any atom is 0.0609 e. The smallest absolute Gasteiger partial charge is 0.0609 e. The van der Waals surface area contributed by atoms with Gasteiger partial charge in [0.25, 0.3) is 0 Å².